The van der Waals surface area contributed by atoms with E-state index in [-0.39, 0.29) is 5.91 Å². The first-order valence-corrected chi connectivity index (χ1v) is 5.91. The fraction of sp³-hybridized carbons (Fsp3) is 0.0833. The molecule has 88 valence electrons. The predicted molar refractivity (Wildman–Crippen MR) is 70.5 cm³/mol. The summed E-state index contributed by atoms with van der Waals surface area (Å²) >= 11 is 3.29. The highest BCUT2D eigenvalue weighted by atomic mass is 79.9. The quantitative estimate of drug-likeness (QED) is 0.760. The minimum absolute atomic E-state index is 0.119. The number of aromatic amines is 1. The van der Waals surface area contributed by atoms with E-state index >= 15 is 0 Å². The van der Waals surface area contributed by atoms with E-state index in [9.17, 15) is 4.79 Å². The van der Waals surface area contributed by atoms with Crippen molar-refractivity contribution in [2.45, 2.75) is 6.54 Å². The Morgan fingerprint density at radius 3 is 2.88 bits per heavy atom. The van der Waals surface area contributed by atoms with Crippen LogP contribution < -0.4 is 11.1 Å². The fourth-order valence-corrected chi connectivity index (χ4v) is 1.80. The molecule has 0 saturated heterocycles. The topological polar surface area (TPSA) is 70.9 Å². The lowest BCUT2D eigenvalue weighted by Gasteiger charge is -2.05. The van der Waals surface area contributed by atoms with E-state index in [1.54, 1.807) is 18.2 Å². The van der Waals surface area contributed by atoms with Crippen LogP contribution in [0.2, 0.25) is 0 Å². The summed E-state index contributed by atoms with van der Waals surface area (Å²) in [6.07, 6.45) is 3.67. The molecule has 0 unspecified atom stereocenters. The molecule has 0 spiro atoms. The Morgan fingerprint density at radius 2 is 2.24 bits per heavy atom. The van der Waals surface area contributed by atoms with Gasteiger partial charge in [0, 0.05) is 34.7 Å². The highest BCUT2D eigenvalue weighted by Crippen LogP contribution is 2.20. The summed E-state index contributed by atoms with van der Waals surface area (Å²) in [4.78, 5) is 14.8. The van der Waals surface area contributed by atoms with Crippen LogP contribution in [0.5, 0.6) is 0 Å². The van der Waals surface area contributed by atoms with Crippen LogP contribution in [0.1, 0.15) is 15.9 Å². The number of aromatic nitrogens is 1. The molecule has 0 fully saturated rings. The van der Waals surface area contributed by atoms with Gasteiger partial charge in [0.15, 0.2) is 0 Å². The Hall–Kier alpha value is -1.75. The predicted octanol–water partition coefficient (Wildman–Crippen LogP) is 2.29. The zero-order valence-electron chi connectivity index (χ0n) is 9.03. The van der Waals surface area contributed by atoms with Crippen molar-refractivity contribution in [3.8, 4) is 0 Å². The maximum absolute atomic E-state index is 11.8. The standard InChI is InChI=1S/C12H12BrN3O/c13-10-5-9(1-2-11(10)14)12(17)16-7-8-3-4-15-6-8/h1-6,15H,7,14H2,(H,16,17). The molecule has 0 radical (unpaired) electrons. The SMILES string of the molecule is Nc1ccc(C(=O)NCc2cc[nH]c2)cc1Br. The normalized spacial score (nSPS) is 10.2. The molecular weight excluding hydrogens is 282 g/mol. The summed E-state index contributed by atoms with van der Waals surface area (Å²) in [6.45, 7) is 0.504. The number of nitrogen functional groups attached to an aromatic ring is 1. The number of nitrogens with one attached hydrogen (secondary N) is 2. The van der Waals surface area contributed by atoms with E-state index in [0.717, 1.165) is 10.0 Å². The molecule has 2 aromatic rings. The van der Waals surface area contributed by atoms with Gasteiger partial charge in [-0.2, -0.15) is 0 Å². The molecule has 0 aliphatic rings. The zero-order chi connectivity index (χ0) is 12.3. The van der Waals surface area contributed by atoms with Gasteiger partial charge in [0.1, 0.15) is 0 Å². The van der Waals surface area contributed by atoms with Gasteiger partial charge in [0.2, 0.25) is 0 Å². The summed E-state index contributed by atoms with van der Waals surface area (Å²) in [5.41, 5.74) is 7.89. The summed E-state index contributed by atoms with van der Waals surface area (Å²) < 4.78 is 0.729. The second-order valence-corrected chi connectivity index (χ2v) is 4.49. The minimum Gasteiger partial charge on any atom is -0.398 e. The molecule has 1 aromatic heterocycles. The molecule has 4 nitrogen and oxygen atoms in total. The second-order valence-electron chi connectivity index (χ2n) is 3.64. The monoisotopic (exact) mass is 293 g/mol. The highest BCUT2D eigenvalue weighted by Gasteiger charge is 2.07. The largest absolute Gasteiger partial charge is 0.398 e. The van der Waals surface area contributed by atoms with Gasteiger partial charge in [-0.1, -0.05) is 0 Å². The van der Waals surface area contributed by atoms with E-state index in [1.165, 1.54) is 0 Å². The van der Waals surface area contributed by atoms with Crippen LogP contribution in [0.4, 0.5) is 5.69 Å². The van der Waals surface area contributed by atoms with Gasteiger partial charge in [-0.25, -0.2) is 0 Å². The number of H-pyrrole nitrogens is 1. The number of hydrogen-bond donors (Lipinski definition) is 3. The minimum atomic E-state index is -0.119. The van der Waals surface area contributed by atoms with Crippen LogP contribution in [-0.4, -0.2) is 10.9 Å². The maximum atomic E-state index is 11.8. The third kappa shape index (κ3) is 2.88. The number of carbonyl (C=O) groups excluding carboxylic acids is 1. The van der Waals surface area contributed by atoms with Gasteiger partial charge >= 0.3 is 0 Å². The number of anilines is 1. The molecule has 4 N–H and O–H groups in total. The average Bonchev–Trinajstić information content (AvgIpc) is 2.82. The molecule has 1 heterocycles. The summed E-state index contributed by atoms with van der Waals surface area (Å²) in [6, 6.07) is 7.03. The number of benzene rings is 1. The number of hydrogen-bond acceptors (Lipinski definition) is 2. The molecule has 1 amide bonds. The van der Waals surface area contributed by atoms with Crippen LogP contribution in [0.25, 0.3) is 0 Å². The Bertz CT molecular complexity index is 523. The summed E-state index contributed by atoms with van der Waals surface area (Å²) in [5, 5.41) is 2.83. The number of halogens is 1. The molecule has 0 saturated carbocycles. The summed E-state index contributed by atoms with van der Waals surface area (Å²) in [7, 11) is 0. The lowest BCUT2D eigenvalue weighted by Crippen LogP contribution is -2.22. The first-order valence-electron chi connectivity index (χ1n) is 5.11. The zero-order valence-corrected chi connectivity index (χ0v) is 10.6. The Kier molecular flexibility index (Phi) is 3.49. The van der Waals surface area contributed by atoms with Crippen molar-refractivity contribution in [1.29, 1.82) is 0 Å². The van der Waals surface area contributed by atoms with E-state index in [0.29, 0.717) is 17.8 Å². The molecular formula is C12H12BrN3O. The number of rotatable bonds is 3. The van der Waals surface area contributed by atoms with Crippen molar-refractivity contribution in [1.82, 2.24) is 10.3 Å². The third-order valence-corrected chi connectivity index (χ3v) is 3.06. The van der Waals surface area contributed by atoms with E-state index in [1.807, 2.05) is 18.5 Å². The van der Waals surface area contributed by atoms with Crippen molar-refractivity contribution in [2.24, 2.45) is 0 Å². The van der Waals surface area contributed by atoms with Crippen LogP contribution >= 0.6 is 15.9 Å². The van der Waals surface area contributed by atoms with Gasteiger partial charge in [0.05, 0.1) is 0 Å². The Morgan fingerprint density at radius 1 is 1.41 bits per heavy atom. The second kappa shape index (κ2) is 5.05. The fourth-order valence-electron chi connectivity index (χ4n) is 1.42. The summed E-state index contributed by atoms with van der Waals surface area (Å²) in [5.74, 6) is -0.119. The molecule has 0 atom stereocenters. The van der Waals surface area contributed by atoms with Gasteiger partial charge in [-0.3, -0.25) is 4.79 Å². The third-order valence-electron chi connectivity index (χ3n) is 2.38. The van der Waals surface area contributed by atoms with Crippen molar-refractivity contribution >= 4 is 27.5 Å². The van der Waals surface area contributed by atoms with E-state index < -0.39 is 0 Å². The maximum Gasteiger partial charge on any atom is 0.251 e. The van der Waals surface area contributed by atoms with Gasteiger partial charge in [-0.05, 0) is 45.8 Å². The lowest BCUT2D eigenvalue weighted by molar-refractivity contribution is 0.0951. The van der Waals surface area contributed by atoms with Crippen LogP contribution in [0.3, 0.4) is 0 Å². The van der Waals surface area contributed by atoms with Gasteiger partial charge in [0.25, 0.3) is 5.91 Å². The van der Waals surface area contributed by atoms with E-state index in [4.69, 9.17) is 5.73 Å². The van der Waals surface area contributed by atoms with Crippen LogP contribution in [-0.2, 0) is 6.54 Å². The molecule has 0 aliphatic heterocycles. The molecule has 17 heavy (non-hydrogen) atoms. The molecule has 0 aliphatic carbocycles. The molecule has 0 bridgehead atoms. The van der Waals surface area contributed by atoms with Crippen molar-refractivity contribution in [3.05, 3.63) is 52.3 Å². The van der Waals surface area contributed by atoms with Crippen LogP contribution in [0, 0.1) is 0 Å². The van der Waals surface area contributed by atoms with Crippen molar-refractivity contribution in [2.75, 3.05) is 5.73 Å². The highest BCUT2D eigenvalue weighted by molar-refractivity contribution is 9.10. The smallest absolute Gasteiger partial charge is 0.251 e. The number of carbonyl (C=O) groups is 1. The van der Waals surface area contributed by atoms with Crippen LogP contribution in [0.15, 0.2) is 41.1 Å². The molecule has 1 aromatic carbocycles. The van der Waals surface area contributed by atoms with Gasteiger partial charge < -0.3 is 16.0 Å². The molecule has 5 heteroatoms. The average molecular weight is 294 g/mol. The first-order chi connectivity index (χ1) is 8.16. The van der Waals surface area contributed by atoms with Gasteiger partial charge in [-0.15, -0.1) is 0 Å². The van der Waals surface area contributed by atoms with Crippen molar-refractivity contribution in [3.63, 3.8) is 0 Å². The number of amides is 1. The Labute approximate surface area is 107 Å². The molecule has 2 rings (SSSR count). The van der Waals surface area contributed by atoms with E-state index in [2.05, 4.69) is 26.2 Å². The first kappa shape index (κ1) is 11.7. The lowest BCUT2D eigenvalue weighted by atomic mass is 10.2. The number of nitrogens with two attached hydrogens (primary N) is 1. The Balaban J connectivity index is 2.02. The van der Waals surface area contributed by atoms with Crippen molar-refractivity contribution < 1.29 is 4.79 Å².